The highest BCUT2D eigenvalue weighted by molar-refractivity contribution is 9.10. The Morgan fingerprint density at radius 1 is 1.59 bits per heavy atom. The second-order valence-electron chi connectivity index (χ2n) is 3.97. The SMILES string of the molecule is CNC(CCc1nccn1C)c1sccc1Br. The largest absolute Gasteiger partial charge is 0.338 e. The molecule has 2 heterocycles. The molecule has 2 aromatic rings. The summed E-state index contributed by atoms with van der Waals surface area (Å²) in [5, 5.41) is 5.49. The molecule has 3 nitrogen and oxygen atoms in total. The second-order valence-corrected chi connectivity index (χ2v) is 5.77. The van der Waals surface area contributed by atoms with E-state index in [0.29, 0.717) is 6.04 Å². The van der Waals surface area contributed by atoms with Gasteiger partial charge in [-0.05, 0) is 40.8 Å². The normalized spacial score (nSPS) is 12.9. The molecule has 0 aliphatic heterocycles. The van der Waals surface area contributed by atoms with Gasteiger partial charge >= 0.3 is 0 Å². The number of aryl methyl sites for hydroxylation is 2. The van der Waals surface area contributed by atoms with Gasteiger partial charge < -0.3 is 9.88 Å². The average molecular weight is 314 g/mol. The second kappa shape index (κ2) is 5.80. The first kappa shape index (κ1) is 12.8. The van der Waals surface area contributed by atoms with Crippen LogP contribution in [0.5, 0.6) is 0 Å². The van der Waals surface area contributed by atoms with Crippen molar-refractivity contribution in [1.82, 2.24) is 14.9 Å². The van der Waals surface area contributed by atoms with E-state index in [1.165, 1.54) is 9.35 Å². The van der Waals surface area contributed by atoms with E-state index in [9.17, 15) is 0 Å². The molecule has 0 fully saturated rings. The number of nitrogens with one attached hydrogen (secondary N) is 1. The maximum absolute atomic E-state index is 4.35. The number of aromatic nitrogens is 2. The van der Waals surface area contributed by atoms with Crippen LogP contribution in [0, 0.1) is 0 Å². The summed E-state index contributed by atoms with van der Waals surface area (Å²) >= 11 is 5.38. The summed E-state index contributed by atoms with van der Waals surface area (Å²) in [6, 6.07) is 2.49. The third-order valence-corrected chi connectivity index (χ3v) is 4.87. The number of hydrogen-bond acceptors (Lipinski definition) is 3. The summed E-state index contributed by atoms with van der Waals surface area (Å²) in [7, 11) is 4.05. The summed E-state index contributed by atoms with van der Waals surface area (Å²) < 4.78 is 3.28. The highest BCUT2D eigenvalue weighted by Crippen LogP contribution is 2.31. The smallest absolute Gasteiger partial charge is 0.108 e. The minimum atomic E-state index is 0.390. The van der Waals surface area contributed by atoms with E-state index in [0.717, 1.165) is 18.7 Å². The fourth-order valence-corrected chi connectivity index (χ4v) is 3.67. The van der Waals surface area contributed by atoms with E-state index in [1.54, 1.807) is 11.3 Å². The molecular weight excluding hydrogens is 298 g/mol. The lowest BCUT2D eigenvalue weighted by Crippen LogP contribution is -2.17. The Bertz CT molecular complexity index is 478. The predicted octanol–water partition coefficient (Wildman–Crippen LogP) is 3.14. The average Bonchev–Trinajstić information content (AvgIpc) is 2.90. The van der Waals surface area contributed by atoms with Crippen LogP contribution in [0.1, 0.15) is 23.2 Å². The maximum atomic E-state index is 4.35. The number of nitrogens with zero attached hydrogens (tertiary/aromatic N) is 2. The van der Waals surface area contributed by atoms with Crippen molar-refractivity contribution in [1.29, 1.82) is 0 Å². The molecule has 1 N–H and O–H groups in total. The van der Waals surface area contributed by atoms with E-state index < -0.39 is 0 Å². The van der Waals surface area contributed by atoms with Crippen molar-refractivity contribution >= 4 is 27.3 Å². The molecule has 0 amide bonds. The minimum Gasteiger partial charge on any atom is -0.338 e. The molecule has 0 radical (unpaired) electrons. The van der Waals surface area contributed by atoms with Crippen molar-refractivity contribution in [3.8, 4) is 0 Å². The first-order valence-electron chi connectivity index (χ1n) is 5.58. The Hall–Kier alpha value is -0.650. The third-order valence-electron chi connectivity index (χ3n) is 2.89. The summed E-state index contributed by atoms with van der Waals surface area (Å²) in [5.41, 5.74) is 0. The molecule has 0 bridgehead atoms. The summed E-state index contributed by atoms with van der Waals surface area (Å²) in [6.07, 6.45) is 5.88. The first-order valence-corrected chi connectivity index (χ1v) is 7.26. The predicted molar refractivity (Wildman–Crippen MR) is 75.3 cm³/mol. The molecule has 1 atom stereocenters. The van der Waals surface area contributed by atoms with Crippen LogP contribution in [-0.2, 0) is 13.5 Å². The molecule has 5 heteroatoms. The van der Waals surface area contributed by atoms with Crippen LogP contribution < -0.4 is 5.32 Å². The van der Waals surface area contributed by atoms with Crippen LogP contribution in [0.3, 0.4) is 0 Å². The Kier molecular flexibility index (Phi) is 4.36. The van der Waals surface area contributed by atoms with Gasteiger partial charge in [0.05, 0.1) is 0 Å². The van der Waals surface area contributed by atoms with Crippen molar-refractivity contribution in [2.24, 2.45) is 7.05 Å². The lowest BCUT2D eigenvalue weighted by Gasteiger charge is -2.15. The molecule has 0 saturated heterocycles. The van der Waals surface area contributed by atoms with Crippen LogP contribution in [0.15, 0.2) is 28.3 Å². The van der Waals surface area contributed by atoms with Gasteiger partial charge in [0.15, 0.2) is 0 Å². The van der Waals surface area contributed by atoms with Crippen LogP contribution in [0.4, 0.5) is 0 Å². The van der Waals surface area contributed by atoms with E-state index in [4.69, 9.17) is 0 Å². The van der Waals surface area contributed by atoms with Gasteiger partial charge in [-0.2, -0.15) is 0 Å². The van der Waals surface area contributed by atoms with Gasteiger partial charge in [0.25, 0.3) is 0 Å². The zero-order valence-corrected chi connectivity index (χ0v) is 12.4. The van der Waals surface area contributed by atoms with Crippen LogP contribution in [-0.4, -0.2) is 16.6 Å². The Morgan fingerprint density at radius 2 is 2.41 bits per heavy atom. The molecule has 92 valence electrons. The molecule has 0 spiro atoms. The minimum absolute atomic E-state index is 0.390. The van der Waals surface area contributed by atoms with E-state index in [-0.39, 0.29) is 0 Å². The quantitative estimate of drug-likeness (QED) is 0.919. The molecule has 1 unspecified atom stereocenters. The van der Waals surface area contributed by atoms with Crippen molar-refractivity contribution < 1.29 is 0 Å². The number of hydrogen-bond donors (Lipinski definition) is 1. The molecular formula is C12H16BrN3S. The molecule has 0 aliphatic rings. The number of halogens is 1. The highest BCUT2D eigenvalue weighted by Gasteiger charge is 2.14. The lowest BCUT2D eigenvalue weighted by molar-refractivity contribution is 0.542. The number of rotatable bonds is 5. The zero-order valence-electron chi connectivity index (χ0n) is 9.98. The van der Waals surface area contributed by atoms with Crippen LogP contribution in [0.25, 0.3) is 0 Å². The number of imidazole rings is 1. The fourth-order valence-electron chi connectivity index (χ4n) is 1.87. The molecule has 2 aromatic heterocycles. The van der Waals surface area contributed by atoms with Gasteiger partial charge in [-0.25, -0.2) is 4.98 Å². The summed E-state index contributed by atoms with van der Waals surface area (Å²) in [6.45, 7) is 0. The van der Waals surface area contributed by atoms with E-state index in [2.05, 4.69) is 42.2 Å². The fraction of sp³-hybridized carbons (Fsp3) is 0.417. The van der Waals surface area contributed by atoms with Gasteiger partial charge in [0, 0.05) is 41.3 Å². The van der Waals surface area contributed by atoms with Gasteiger partial charge in [-0.1, -0.05) is 0 Å². The molecule has 17 heavy (non-hydrogen) atoms. The molecule has 0 aliphatic carbocycles. The topological polar surface area (TPSA) is 29.9 Å². The van der Waals surface area contributed by atoms with Gasteiger partial charge in [0.1, 0.15) is 5.82 Å². The van der Waals surface area contributed by atoms with Crippen molar-refractivity contribution in [2.45, 2.75) is 18.9 Å². The first-order chi connectivity index (χ1) is 8.22. The molecule has 2 rings (SSSR count). The highest BCUT2D eigenvalue weighted by atomic mass is 79.9. The third kappa shape index (κ3) is 2.97. The Morgan fingerprint density at radius 3 is 2.94 bits per heavy atom. The Labute approximate surface area is 114 Å². The van der Waals surface area contributed by atoms with Crippen molar-refractivity contribution in [3.05, 3.63) is 39.0 Å². The van der Waals surface area contributed by atoms with Crippen LogP contribution in [0.2, 0.25) is 0 Å². The molecule has 0 aromatic carbocycles. The zero-order chi connectivity index (χ0) is 12.3. The van der Waals surface area contributed by atoms with E-state index in [1.807, 2.05) is 26.5 Å². The molecule has 0 saturated carbocycles. The van der Waals surface area contributed by atoms with Crippen molar-refractivity contribution in [3.63, 3.8) is 0 Å². The summed E-state index contributed by atoms with van der Waals surface area (Å²) in [5.74, 6) is 1.14. The standard InChI is InChI=1S/C12H16BrN3S/c1-14-10(12-9(13)5-8-17-12)3-4-11-15-6-7-16(11)2/h5-8,10,14H,3-4H2,1-2H3. The number of thiophene rings is 1. The van der Waals surface area contributed by atoms with Gasteiger partial charge in [-0.3, -0.25) is 0 Å². The summed E-state index contributed by atoms with van der Waals surface area (Å²) in [4.78, 5) is 5.72. The monoisotopic (exact) mass is 313 g/mol. The van der Waals surface area contributed by atoms with Gasteiger partial charge in [0.2, 0.25) is 0 Å². The maximum Gasteiger partial charge on any atom is 0.108 e. The lowest BCUT2D eigenvalue weighted by atomic mass is 10.1. The van der Waals surface area contributed by atoms with Gasteiger partial charge in [-0.15, -0.1) is 11.3 Å². The van der Waals surface area contributed by atoms with Crippen LogP contribution >= 0.6 is 27.3 Å². The van der Waals surface area contributed by atoms with E-state index >= 15 is 0 Å². The van der Waals surface area contributed by atoms with Crippen molar-refractivity contribution in [2.75, 3.05) is 7.05 Å². The Balaban J connectivity index is 2.02.